The highest BCUT2D eigenvalue weighted by molar-refractivity contribution is 5.92. The number of nitrogens with zero attached hydrogens (tertiary/aromatic N) is 3. The van der Waals surface area contributed by atoms with Gasteiger partial charge >= 0.3 is 6.09 Å². The SMILES string of the molecule is CNC(=O)OC1CCOC1.Cc1ccc2c(N3CCCC3)nc(-c3ccccc3O)nc2c1. The number of rotatable bonds is 3. The van der Waals surface area contributed by atoms with E-state index < -0.39 is 0 Å². The van der Waals surface area contributed by atoms with Gasteiger partial charge in [0.1, 0.15) is 17.7 Å². The predicted octanol–water partition coefficient (Wildman–Crippen LogP) is 4.04. The van der Waals surface area contributed by atoms with Gasteiger partial charge in [-0.05, 0) is 49.6 Å². The number of aryl methyl sites for hydroxylation is 1. The number of aromatic hydroxyl groups is 1. The molecule has 0 saturated carbocycles. The Balaban J connectivity index is 0.000000219. The molecule has 2 aliphatic rings. The molecule has 2 aliphatic heterocycles. The Bertz CT molecular complexity index is 1110. The first-order chi connectivity index (χ1) is 16.0. The van der Waals surface area contributed by atoms with Gasteiger partial charge in [-0.25, -0.2) is 14.8 Å². The van der Waals surface area contributed by atoms with Crippen LogP contribution in [0.1, 0.15) is 24.8 Å². The van der Waals surface area contributed by atoms with Crippen molar-refractivity contribution in [3.8, 4) is 17.1 Å². The topological polar surface area (TPSA) is 96.8 Å². The summed E-state index contributed by atoms with van der Waals surface area (Å²) in [4.78, 5) is 22.4. The van der Waals surface area contributed by atoms with Gasteiger partial charge < -0.3 is 24.8 Å². The Morgan fingerprint density at radius 1 is 1.18 bits per heavy atom. The number of hydrogen-bond donors (Lipinski definition) is 2. The summed E-state index contributed by atoms with van der Waals surface area (Å²) in [6.07, 6.45) is 2.79. The molecule has 0 radical (unpaired) electrons. The number of para-hydroxylation sites is 1. The van der Waals surface area contributed by atoms with Crippen LogP contribution in [0.5, 0.6) is 5.75 Å². The molecular formula is C25H30N4O4. The second kappa shape index (κ2) is 10.5. The molecule has 2 saturated heterocycles. The van der Waals surface area contributed by atoms with Crippen LogP contribution in [-0.4, -0.2) is 60.6 Å². The largest absolute Gasteiger partial charge is 0.507 e. The molecule has 5 rings (SSSR count). The van der Waals surface area contributed by atoms with Crippen LogP contribution in [0, 0.1) is 6.92 Å². The van der Waals surface area contributed by atoms with Crippen LogP contribution >= 0.6 is 0 Å². The van der Waals surface area contributed by atoms with E-state index in [9.17, 15) is 9.90 Å². The lowest BCUT2D eigenvalue weighted by Gasteiger charge is -2.19. The van der Waals surface area contributed by atoms with Gasteiger partial charge in [0, 0.05) is 31.9 Å². The monoisotopic (exact) mass is 450 g/mol. The first kappa shape index (κ1) is 22.8. The van der Waals surface area contributed by atoms with Gasteiger partial charge in [-0.15, -0.1) is 0 Å². The summed E-state index contributed by atoms with van der Waals surface area (Å²) < 4.78 is 9.88. The number of carbonyl (C=O) groups is 1. The maximum atomic E-state index is 10.6. The predicted molar refractivity (Wildman–Crippen MR) is 128 cm³/mol. The summed E-state index contributed by atoms with van der Waals surface area (Å²) in [5.74, 6) is 1.78. The highest BCUT2D eigenvalue weighted by atomic mass is 16.6. The number of hydrogen-bond acceptors (Lipinski definition) is 7. The fraction of sp³-hybridized carbons (Fsp3) is 0.400. The van der Waals surface area contributed by atoms with E-state index >= 15 is 0 Å². The Morgan fingerprint density at radius 3 is 2.67 bits per heavy atom. The van der Waals surface area contributed by atoms with E-state index in [0.29, 0.717) is 24.6 Å². The van der Waals surface area contributed by atoms with Crippen molar-refractivity contribution >= 4 is 22.8 Å². The van der Waals surface area contributed by atoms with Gasteiger partial charge in [0.05, 0.1) is 24.3 Å². The van der Waals surface area contributed by atoms with Crippen molar-refractivity contribution in [2.24, 2.45) is 0 Å². The molecule has 2 N–H and O–H groups in total. The van der Waals surface area contributed by atoms with Gasteiger partial charge in [0.25, 0.3) is 0 Å². The van der Waals surface area contributed by atoms with Crippen LogP contribution in [0.4, 0.5) is 10.6 Å². The second-order valence-corrected chi connectivity index (χ2v) is 8.24. The zero-order valence-corrected chi connectivity index (χ0v) is 19.1. The number of phenols is 1. The maximum absolute atomic E-state index is 10.6. The number of benzene rings is 2. The minimum absolute atomic E-state index is 0.0417. The van der Waals surface area contributed by atoms with Crippen molar-refractivity contribution in [2.75, 3.05) is 38.3 Å². The number of ether oxygens (including phenoxy) is 2. The standard InChI is InChI=1S/C19H19N3O.C6H11NO3/c1-13-8-9-14-16(12-13)20-18(15-6-2-3-7-17(15)23)21-19(14)22-10-4-5-11-22;1-7-6(8)10-5-2-3-9-4-5/h2-3,6-9,12,23H,4-5,10-11H2,1H3;5H,2-4H2,1H3,(H,7,8). The first-order valence-corrected chi connectivity index (χ1v) is 11.3. The minimum atomic E-state index is -0.379. The molecule has 0 spiro atoms. The number of nitrogens with one attached hydrogen (secondary N) is 1. The number of fused-ring (bicyclic) bond motifs is 1. The number of aromatic nitrogens is 2. The average molecular weight is 451 g/mol. The van der Waals surface area contributed by atoms with E-state index in [1.807, 2.05) is 18.2 Å². The van der Waals surface area contributed by atoms with Crippen molar-refractivity contribution in [1.82, 2.24) is 15.3 Å². The zero-order chi connectivity index (χ0) is 23.2. The highest BCUT2D eigenvalue weighted by Gasteiger charge is 2.20. The van der Waals surface area contributed by atoms with Crippen LogP contribution in [0.15, 0.2) is 42.5 Å². The molecule has 1 aromatic heterocycles. The van der Waals surface area contributed by atoms with Crippen molar-refractivity contribution in [2.45, 2.75) is 32.3 Å². The molecule has 8 heteroatoms. The third kappa shape index (κ3) is 5.51. The molecule has 3 heterocycles. The van der Waals surface area contributed by atoms with E-state index in [1.54, 1.807) is 6.07 Å². The molecule has 1 unspecified atom stereocenters. The summed E-state index contributed by atoms with van der Waals surface area (Å²) in [5.41, 5.74) is 2.78. The van der Waals surface area contributed by atoms with Gasteiger partial charge in [-0.3, -0.25) is 0 Å². The molecule has 8 nitrogen and oxygen atoms in total. The third-order valence-corrected chi connectivity index (χ3v) is 5.75. The Labute approximate surface area is 193 Å². The van der Waals surface area contributed by atoms with E-state index in [-0.39, 0.29) is 17.9 Å². The molecule has 0 bridgehead atoms. The van der Waals surface area contributed by atoms with E-state index in [1.165, 1.54) is 25.5 Å². The fourth-order valence-corrected chi connectivity index (χ4v) is 3.99. The summed E-state index contributed by atoms with van der Waals surface area (Å²) in [6.45, 7) is 5.35. The molecular weight excluding hydrogens is 420 g/mol. The molecule has 3 aromatic rings. The van der Waals surface area contributed by atoms with Crippen LogP contribution in [0.2, 0.25) is 0 Å². The van der Waals surface area contributed by atoms with E-state index in [4.69, 9.17) is 19.4 Å². The summed E-state index contributed by atoms with van der Waals surface area (Å²) >= 11 is 0. The van der Waals surface area contributed by atoms with Gasteiger partial charge in [0.15, 0.2) is 5.82 Å². The van der Waals surface area contributed by atoms with E-state index in [2.05, 4.69) is 35.3 Å². The molecule has 1 amide bonds. The zero-order valence-electron chi connectivity index (χ0n) is 19.1. The Kier molecular flexibility index (Phi) is 7.24. The Hall–Kier alpha value is -3.39. The normalized spacial score (nSPS) is 17.5. The number of carbonyl (C=O) groups excluding carboxylic acids is 1. The minimum Gasteiger partial charge on any atom is -0.507 e. The van der Waals surface area contributed by atoms with Crippen molar-refractivity contribution < 1.29 is 19.4 Å². The Morgan fingerprint density at radius 2 is 1.97 bits per heavy atom. The lowest BCUT2D eigenvalue weighted by molar-refractivity contribution is 0.0846. The molecule has 2 fully saturated rings. The number of alkyl carbamates (subject to hydrolysis) is 1. The molecule has 33 heavy (non-hydrogen) atoms. The molecule has 2 aromatic carbocycles. The number of phenolic OH excluding ortho intramolecular Hbond substituents is 1. The third-order valence-electron chi connectivity index (χ3n) is 5.75. The van der Waals surface area contributed by atoms with Crippen LogP contribution in [0.3, 0.4) is 0 Å². The smallest absolute Gasteiger partial charge is 0.407 e. The maximum Gasteiger partial charge on any atom is 0.407 e. The lowest BCUT2D eigenvalue weighted by Crippen LogP contribution is -2.25. The van der Waals surface area contributed by atoms with Gasteiger partial charge in [0.2, 0.25) is 0 Å². The van der Waals surface area contributed by atoms with Crippen LogP contribution < -0.4 is 10.2 Å². The van der Waals surface area contributed by atoms with Crippen molar-refractivity contribution in [1.29, 1.82) is 0 Å². The van der Waals surface area contributed by atoms with Crippen molar-refractivity contribution in [3.63, 3.8) is 0 Å². The fourth-order valence-electron chi connectivity index (χ4n) is 3.99. The lowest BCUT2D eigenvalue weighted by atomic mass is 10.1. The summed E-state index contributed by atoms with van der Waals surface area (Å²) in [6, 6.07) is 13.5. The van der Waals surface area contributed by atoms with Gasteiger partial charge in [-0.1, -0.05) is 18.2 Å². The summed E-state index contributed by atoms with van der Waals surface area (Å²) in [5, 5.41) is 13.6. The molecule has 0 aliphatic carbocycles. The number of amides is 1. The summed E-state index contributed by atoms with van der Waals surface area (Å²) in [7, 11) is 1.54. The first-order valence-electron chi connectivity index (χ1n) is 11.3. The quantitative estimate of drug-likeness (QED) is 0.621. The molecule has 1 atom stereocenters. The van der Waals surface area contributed by atoms with Crippen LogP contribution in [0.25, 0.3) is 22.3 Å². The van der Waals surface area contributed by atoms with Gasteiger partial charge in [-0.2, -0.15) is 0 Å². The molecule has 174 valence electrons. The highest BCUT2D eigenvalue weighted by Crippen LogP contribution is 2.33. The van der Waals surface area contributed by atoms with Crippen molar-refractivity contribution in [3.05, 3.63) is 48.0 Å². The average Bonchev–Trinajstić information content (AvgIpc) is 3.53. The van der Waals surface area contributed by atoms with Crippen LogP contribution in [-0.2, 0) is 9.47 Å². The number of anilines is 1. The van der Waals surface area contributed by atoms with E-state index in [0.717, 1.165) is 36.2 Å². The second-order valence-electron chi connectivity index (χ2n) is 8.24.